The fraction of sp³-hybridized carbons (Fsp3) is 0.167. The van der Waals surface area contributed by atoms with Crippen molar-refractivity contribution in [1.29, 1.82) is 0 Å². The van der Waals surface area contributed by atoms with E-state index in [-0.39, 0.29) is 0 Å². The van der Waals surface area contributed by atoms with Crippen LogP contribution in [0.15, 0.2) is 60.8 Å². The average Bonchev–Trinajstić information content (AvgIpc) is 2.96. The van der Waals surface area contributed by atoms with Gasteiger partial charge in [-0.15, -0.1) is 0 Å². The van der Waals surface area contributed by atoms with Crippen molar-refractivity contribution in [2.75, 3.05) is 7.11 Å². The zero-order valence-corrected chi connectivity index (χ0v) is 12.8. The van der Waals surface area contributed by atoms with E-state index >= 15 is 0 Å². The van der Waals surface area contributed by atoms with Gasteiger partial charge in [0.05, 0.1) is 7.11 Å². The first kappa shape index (κ1) is 15.6. The van der Waals surface area contributed by atoms with E-state index in [2.05, 4.69) is 53.5 Å². The zero-order valence-electron chi connectivity index (χ0n) is 12.8. The van der Waals surface area contributed by atoms with E-state index in [0.717, 1.165) is 11.3 Å². The highest BCUT2D eigenvalue weighted by molar-refractivity contribution is 5.79. The van der Waals surface area contributed by atoms with Crippen molar-refractivity contribution in [3.8, 4) is 5.75 Å². The summed E-state index contributed by atoms with van der Waals surface area (Å²) >= 11 is 0. The van der Waals surface area contributed by atoms with E-state index < -0.39 is 0 Å². The van der Waals surface area contributed by atoms with Crippen LogP contribution in [0.4, 0.5) is 0 Å². The Bertz CT molecular complexity index is 717. The number of rotatable bonds is 4. The van der Waals surface area contributed by atoms with Crippen molar-refractivity contribution >= 4 is 17.3 Å². The van der Waals surface area contributed by atoms with Crippen LogP contribution in [0.1, 0.15) is 5.56 Å². The summed E-state index contributed by atoms with van der Waals surface area (Å²) in [5.74, 6) is 0.824. The number of nitrogens with zero attached hydrogens (tertiary/aromatic N) is 1. The van der Waals surface area contributed by atoms with Crippen LogP contribution < -0.4 is 10.1 Å². The molecule has 4 nitrogen and oxygen atoms in total. The van der Waals surface area contributed by atoms with Crippen LogP contribution in [-0.4, -0.2) is 18.1 Å². The van der Waals surface area contributed by atoms with Gasteiger partial charge in [-0.2, -0.15) is 0 Å². The lowest BCUT2D eigenvalue weighted by molar-refractivity contribution is -0.109. The Labute approximate surface area is 130 Å². The molecule has 3 aromatic rings. The second-order valence-electron chi connectivity index (χ2n) is 4.83. The molecule has 0 radical (unpaired) electrons. The van der Waals surface area contributed by atoms with E-state index in [0.29, 0.717) is 13.0 Å². The summed E-state index contributed by atoms with van der Waals surface area (Å²) in [7, 11) is 3.68. The summed E-state index contributed by atoms with van der Waals surface area (Å²) in [4.78, 5) is 9.97. The normalized spacial score (nSPS) is 9.73. The maximum Gasteiger partial charge on any atom is 0.207 e. The van der Waals surface area contributed by atoms with Crippen LogP contribution in [-0.2, 0) is 18.4 Å². The summed E-state index contributed by atoms with van der Waals surface area (Å²) in [5.41, 5.74) is 2.35. The molecule has 1 heterocycles. The number of fused-ring (bicyclic) bond motifs is 1. The summed E-state index contributed by atoms with van der Waals surface area (Å²) < 4.78 is 7.10. The van der Waals surface area contributed by atoms with Crippen molar-refractivity contribution in [3.63, 3.8) is 0 Å². The number of aryl methyl sites for hydroxylation is 1. The summed E-state index contributed by atoms with van der Waals surface area (Å²) in [5, 5.41) is 3.89. The number of hydrogen-bond donors (Lipinski definition) is 1. The number of carbonyl (C=O) groups excluding carboxylic acids is 1. The van der Waals surface area contributed by atoms with Crippen molar-refractivity contribution in [2.45, 2.75) is 6.54 Å². The number of benzene rings is 2. The Morgan fingerprint density at radius 2 is 1.82 bits per heavy atom. The van der Waals surface area contributed by atoms with Gasteiger partial charge in [-0.1, -0.05) is 30.3 Å². The fourth-order valence-corrected chi connectivity index (χ4v) is 2.12. The topological polar surface area (TPSA) is 43.3 Å². The molecule has 0 spiro atoms. The maximum absolute atomic E-state index is 9.97. The Balaban J connectivity index is 0.000000162. The minimum Gasteiger partial charge on any atom is -0.497 e. The number of nitrogens with one attached hydrogen (secondary N) is 1. The molecule has 0 atom stereocenters. The highest BCUT2D eigenvalue weighted by Gasteiger charge is 1.93. The molecular weight excluding hydrogens is 276 g/mol. The minimum atomic E-state index is 0.563. The monoisotopic (exact) mass is 296 g/mol. The fourth-order valence-electron chi connectivity index (χ4n) is 2.12. The number of carbonyl (C=O) groups is 1. The average molecular weight is 296 g/mol. The SMILES string of the molecule is COc1ccc(CNC=O)cc1.Cn1ccc2ccccc21. The molecule has 0 bridgehead atoms. The molecule has 22 heavy (non-hydrogen) atoms. The molecule has 1 N–H and O–H groups in total. The lowest BCUT2D eigenvalue weighted by Gasteiger charge is -2.01. The largest absolute Gasteiger partial charge is 0.497 e. The van der Waals surface area contributed by atoms with Crippen molar-refractivity contribution < 1.29 is 9.53 Å². The molecule has 3 rings (SSSR count). The van der Waals surface area contributed by atoms with Gasteiger partial charge in [0, 0.05) is 25.3 Å². The molecular formula is C18H20N2O2. The molecule has 0 fully saturated rings. The second-order valence-corrected chi connectivity index (χ2v) is 4.83. The molecule has 0 aliphatic heterocycles. The Hall–Kier alpha value is -2.75. The molecule has 0 unspecified atom stereocenters. The number of ether oxygens (including phenoxy) is 1. The number of amides is 1. The van der Waals surface area contributed by atoms with E-state index in [9.17, 15) is 4.79 Å². The highest BCUT2D eigenvalue weighted by atomic mass is 16.5. The molecule has 0 aliphatic carbocycles. The quantitative estimate of drug-likeness (QED) is 0.752. The summed E-state index contributed by atoms with van der Waals surface area (Å²) in [6.07, 6.45) is 2.76. The van der Waals surface area contributed by atoms with Gasteiger partial charge >= 0.3 is 0 Å². The first-order valence-electron chi connectivity index (χ1n) is 7.04. The summed E-state index contributed by atoms with van der Waals surface area (Å²) in [6.45, 7) is 0.563. The highest BCUT2D eigenvalue weighted by Crippen LogP contribution is 2.12. The van der Waals surface area contributed by atoms with Gasteiger partial charge in [-0.25, -0.2) is 0 Å². The van der Waals surface area contributed by atoms with Crippen molar-refractivity contribution in [1.82, 2.24) is 9.88 Å². The molecule has 2 aromatic carbocycles. The van der Waals surface area contributed by atoms with Gasteiger partial charge in [-0.3, -0.25) is 4.79 Å². The molecule has 0 saturated heterocycles. The molecule has 114 valence electrons. The van der Waals surface area contributed by atoms with Crippen LogP contribution in [0, 0.1) is 0 Å². The lowest BCUT2D eigenvalue weighted by Crippen LogP contribution is -2.09. The molecule has 1 aromatic heterocycles. The van der Waals surface area contributed by atoms with Gasteiger partial charge in [-0.05, 0) is 35.2 Å². The maximum atomic E-state index is 9.97. The lowest BCUT2D eigenvalue weighted by atomic mass is 10.2. The summed E-state index contributed by atoms with van der Waals surface area (Å²) in [6, 6.07) is 18.0. The zero-order chi connectivity index (χ0) is 15.8. The van der Waals surface area contributed by atoms with Gasteiger partial charge in [0.1, 0.15) is 5.75 Å². The van der Waals surface area contributed by atoms with Crippen LogP contribution >= 0.6 is 0 Å². The number of hydrogen-bond acceptors (Lipinski definition) is 2. The third kappa shape index (κ3) is 4.12. The van der Waals surface area contributed by atoms with Gasteiger partial charge in [0.2, 0.25) is 6.41 Å². The van der Waals surface area contributed by atoms with Crippen molar-refractivity contribution in [2.24, 2.45) is 7.05 Å². The Kier molecular flexibility index (Phi) is 5.60. The first-order chi connectivity index (χ1) is 10.7. The Morgan fingerprint density at radius 1 is 1.09 bits per heavy atom. The van der Waals surface area contributed by atoms with E-state index in [1.54, 1.807) is 7.11 Å². The first-order valence-corrected chi connectivity index (χ1v) is 7.04. The van der Waals surface area contributed by atoms with E-state index in [1.807, 2.05) is 24.3 Å². The van der Waals surface area contributed by atoms with E-state index in [1.165, 1.54) is 10.9 Å². The Morgan fingerprint density at radius 3 is 2.45 bits per heavy atom. The molecule has 0 aliphatic rings. The van der Waals surface area contributed by atoms with Crippen LogP contribution in [0.25, 0.3) is 10.9 Å². The van der Waals surface area contributed by atoms with Gasteiger partial charge < -0.3 is 14.6 Å². The van der Waals surface area contributed by atoms with E-state index in [4.69, 9.17) is 4.74 Å². The number of para-hydroxylation sites is 1. The predicted octanol–water partition coefficient (Wildman–Crippen LogP) is 3.12. The van der Waals surface area contributed by atoms with Crippen LogP contribution in [0.2, 0.25) is 0 Å². The molecule has 4 heteroatoms. The van der Waals surface area contributed by atoms with Crippen molar-refractivity contribution in [3.05, 3.63) is 66.4 Å². The van der Waals surface area contributed by atoms with Crippen LogP contribution in [0.3, 0.4) is 0 Å². The second kappa shape index (κ2) is 7.88. The number of aromatic nitrogens is 1. The smallest absolute Gasteiger partial charge is 0.207 e. The standard InChI is InChI=1S/C9H11NO2.C9H9N/c1-12-9-4-2-8(3-5-9)6-10-7-11;1-10-7-6-8-4-2-3-5-9(8)10/h2-5,7H,6H2,1H3,(H,10,11);2-7H,1H3. The van der Waals surface area contributed by atoms with Gasteiger partial charge in [0.25, 0.3) is 0 Å². The molecule has 1 amide bonds. The van der Waals surface area contributed by atoms with Gasteiger partial charge in [0.15, 0.2) is 0 Å². The third-order valence-electron chi connectivity index (χ3n) is 3.34. The molecule has 0 saturated carbocycles. The number of methoxy groups -OCH3 is 1. The minimum absolute atomic E-state index is 0.563. The predicted molar refractivity (Wildman–Crippen MR) is 88.8 cm³/mol. The van der Waals surface area contributed by atoms with Crippen LogP contribution in [0.5, 0.6) is 5.75 Å². The third-order valence-corrected chi connectivity index (χ3v) is 3.34.